The molecule has 1 aromatic carbocycles. The molecule has 5 N–H and O–H groups in total. The van der Waals surface area contributed by atoms with Crippen LogP contribution in [0.1, 0.15) is 0 Å². The van der Waals surface area contributed by atoms with Gasteiger partial charge in [-0.3, -0.25) is 25.9 Å². The number of hydrogen-bond acceptors (Lipinski definition) is 4. The molecule has 0 bridgehead atoms. The van der Waals surface area contributed by atoms with Gasteiger partial charge < -0.3 is 0 Å². The number of carbonyl (C=O) groups is 2. The van der Waals surface area contributed by atoms with Crippen LogP contribution in [0.4, 0.5) is 5.69 Å². The summed E-state index contributed by atoms with van der Waals surface area (Å²) in [4.78, 5) is 21.6. The first-order valence-corrected chi connectivity index (χ1v) is 4.34. The van der Waals surface area contributed by atoms with Crippen molar-refractivity contribution in [2.24, 2.45) is 5.84 Å². The van der Waals surface area contributed by atoms with Crippen LogP contribution >= 0.6 is 11.6 Å². The van der Waals surface area contributed by atoms with Gasteiger partial charge in [-0.15, -0.1) is 0 Å². The molecule has 0 aliphatic rings. The van der Waals surface area contributed by atoms with E-state index in [4.69, 9.17) is 17.4 Å². The summed E-state index contributed by atoms with van der Waals surface area (Å²) in [5, 5.41) is 0.576. The molecule has 0 heterocycles. The number of carbonyl (C=O) groups excluding carboxylic acids is 2. The van der Waals surface area contributed by atoms with Crippen molar-refractivity contribution in [3.63, 3.8) is 0 Å². The van der Waals surface area contributed by atoms with E-state index in [9.17, 15) is 9.59 Å². The fraction of sp³-hybridized carbons (Fsp3) is 0. The molecule has 0 atom stereocenters. The number of halogens is 1. The minimum absolute atomic E-state index is 0.576. The fourth-order valence-electron chi connectivity index (χ4n) is 0.784. The van der Waals surface area contributed by atoms with Gasteiger partial charge in [0.15, 0.2) is 0 Å². The maximum atomic E-state index is 10.9. The summed E-state index contributed by atoms with van der Waals surface area (Å²) in [6.45, 7) is 0. The van der Waals surface area contributed by atoms with E-state index in [0.717, 1.165) is 0 Å². The van der Waals surface area contributed by atoms with E-state index < -0.39 is 11.8 Å². The Bertz CT molecular complexity index is 365. The van der Waals surface area contributed by atoms with Gasteiger partial charge in [-0.25, -0.2) is 5.84 Å². The summed E-state index contributed by atoms with van der Waals surface area (Å²) in [5.74, 6) is 2.94. The summed E-state index contributed by atoms with van der Waals surface area (Å²) >= 11 is 5.65. The third kappa shape index (κ3) is 3.45. The average molecular weight is 229 g/mol. The lowest BCUT2D eigenvalue weighted by atomic mass is 10.3. The standard InChI is InChI=1S/C8H9ClN4O2/c9-5-1-3-6(4-2-5)12-13-8(15)7(14)11-10/h1-4,12H,10H2,(H,11,14)(H,13,15). The van der Waals surface area contributed by atoms with Crippen molar-refractivity contribution in [2.75, 3.05) is 5.43 Å². The van der Waals surface area contributed by atoms with Gasteiger partial charge in [0.25, 0.3) is 0 Å². The van der Waals surface area contributed by atoms with E-state index in [1.807, 2.05) is 0 Å². The SMILES string of the molecule is NNC(=O)C(=O)NNc1ccc(Cl)cc1. The highest BCUT2D eigenvalue weighted by Gasteiger charge is 2.10. The minimum atomic E-state index is -0.934. The molecular weight excluding hydrogens is 220 g/mol. The Hall–Kier alpha value is -1.79. The first kappa shape index (κ1) is 11.3. The summed E-state index contributed by atoms with van der Waals surface area (Å²) in [7, 11) is 0. The summed E-state index contributed by atoms with van der Waals surface area (Å²) in [6, 6.07) is 6.56. The average Bonchev–Trinajstić information content (AvgIpc) is 2.26. The van der Waals surface area contributed by atoms with E-state index in [1.54, 1.807) is 29.7 Å². The molecule has 0 aromatic heterocycles. The van der Waals surface area contributed by atoms with Gasteiger partial charge in [-0.1, -0.05) is 11.6 Å². The molecule has 1 aromatic rings. The number of benzene rings is 1. The number of anilines is 1. The van der Waals surface area contributed by atoms with Crippen molar-refractivity contribution >= 4 is 29.1 Å². The van der Waals surface area contributed by atoms with Crippen LogP contribution in [0.15, 0.2) is 24.3 Å². The van der Waals surface area contributed by atoms with Crippen molar-refractivity contribution in [3.05, 3.63) is 29.3 Å². The highest BCUT2D eigenvalue weighted by Crippen LogP contribution is 2.12. The summed E-state index contributed by atoms with van der Waals surface area (Å²) in [5.41, 5.74) is 6.95. The van der Waals surface area contributed by atoms with E-state index >= 15 is 0 Å². The molecule has 0 saturated heterocycles. The lowest BCUT2D eigenvalue weighted by Crippen LogP contribution is -2.45. The molecule has 0 fully saturated rings. The number of amides is 2. The Morgan fingerprint density at radius 3 is 2.27 bits per heavy atom. The Morgan fingerprint density at radius 2 is 1.73 bits per heavy atom. The van der Waals surface area contributed by atoms with E-state index in [0.29, 0.717) is 10.7 Å². The van der Waals surface area contributed by atoms with Gasteiger partial charge in [0.05, 0.1) is 5.69 Å². The summed E-state index contributed by atoms with van der Waals surface area (Å²) in [6.07, 6.45) is 0. The maximum Gasteiger partial charge on any atom is 0.328 e. The van der Waals surface area contributed by atoms with Gasteiger partial charge >= 0.3 is 11.8 Å². The molecule has 7 heteroatoms. The molecule has 80 valence electrons. The molecule has 0 aliphatic heterocycles. The normalized spacial score (nSPS) is 9.20. The second-order valence-electron chi connectivity index (χ2n) is 2.56. The van der Waals surface area contributed by atoms with Gasteiger partial charge in [0.1, 0.15) is 0 Å². The number of hydrogen-bond donors (Lipinski definition) is 4. The van der Waals surface area contributed by atoms with Crippen molar-refractivity contribution in [1.82, 2.24) is 10.9 Å². The zero-order valence-electron chi connectivity index (χ0n) is 7.58. The zero-order chi connectivity index (χ0) is 11.3. The summed E-state index contributed by atoms with van der Waals surface area (Å²) < 4.78 is 0. The second kappa shape index (κ2) is 5.18. The van der Waals surface area contributed by atoms with Crippen LogP contribution in [0.25, 0.3) is 0 Å². The molecule has 0 aliphatic carbocycles. The van der Waals surface area contributed by atoms with Gasteiger partial charge in [0, 0.05) is 5.02 Å². The lowest BCUT2D eigenvalue weighted by Gasteiger charge is -2.06. The molecule has 0 saturated carbocycles. The predicted octanol–water partition coefficient (Wildman–Crippen LogP) is -0.227. The van der Waals surface area contributed by atoms with Crippen LogP contribution in [0.5, 0.6) is 0 Å². The van der Waals surface area contributed by atoms with E-state index in [1.165, 1.54) is 0 Å². The largest absolute Gasteiger partial charge is 0.328 e. The number of hydrazine groups is 2. The molecular formula is C8H9ClN4O2. The molecule has 0 unspecified atom stereocenters. The van der Waals surface area contributed by atoms with Crippen molar-refractivity contribution in [1.29, 1.82) is 0 Å². The van der Waals surface area contributed by atoms with Crippen LogP contribution in [-0.2, 0) is 9.59 Å². The first-order chi connectivity index (χ1) is 7.13. The van der Waals surface area contributed by atoms with Crippen LogP contribution in [0.3, 0.4) is 0 Å². The quantitative estimate of drug-likeness (QED) is 0.243. The van der Waals surface area contributed by atoms with Crippen molar-refractivity contribution in [3.8, 4) is 0 Å². The fourth-order valence-corrected chi connectivity index (χ4v) is 0.910. The second-order valence-corrected chi connectivity index (χ2v) is 3.00. The lowest BCUT2D eigenvalue weighted by molar-refractivity contribution is -0.138. The highest BCUT2D eigenvalue weighted by molar-refractivity contribution is 6.35. The van der Waals surface area contributed by atoms with Crippen LogP contribution in [-0.4, -0.2) is 11.8 Å². The van der Waals surface area contributed by atoms with Gasteiger partial charge in [-0.2, -0.15) is 0 Å². The molecule has 0 spiro atoms. The monoisotopic (exact) mass is 228 g/mol. The van der Waals surface area contributed by atoms with E-state index in [-0.39, 0.29) is 0 Å². The first-order valence-electron chi connectivity index (χ1n) is 3.96. The topological polar surface area (TPSA) is 96.2 Å². The number of nitrogens with one attached hydrogen (secondary N) is 3. The van der Waals surface area contributed by atoms with Gasteiger partial charge in [0.2, 0.25) is 0 Å². The molecule has 6 nitrogen and oxygen atoms in total. The van der Waals surface area contributed by atoms with E-state index in [2.05, 4.69) is 10.9 Å². The maximum absolute atomic E-state index is 10.9. The molecule has 15 heavy (non-hydrogen) atoms. The molecule has 2 amide bonds. The smallest absolute Gasteiger partial charge is 0.298 e. The predicted molar refractivity (Wildman–Crippen MR) is 55.5 cm³/mol. The number of rotatable bonds is 2. The van der Waals surface area contributed by atoms with Crippen LogP contribution in [0.2, 0.25) is 5.02 Å². The highest BCUT2D eigenvalue weighted by atomic mass is 35.5. The Balaban J connectivity index is 2.47. The van der Waals surface area contributed by atoms with Crippen molar-refractivity contribution in [2.45, 2.75) is 0 Å². The third-order valence-corrected chi connectivity index (χ3v) is 1.75. The molecule has 0 radical (unpaired) electrons. The zero-order valence-corrected chi connectivity index (χ0v) is 8.34. The Labute approximate surface area is 90.7 Å². The number of nitrogens with two attached hydrogens (primary N) is 1. The van der Waals surface area contributed by atoms with Gasteiger partial charge in [-0.05, 0) is 24.3 Å². The Morgan fingerprint density at radius 1 is 1.13 bits per heavy atom. The Kier molecular flexibility index (Phi) is 3.90. The molecule has 1 rings (SSSR count). The van der Waals surface area contributed by atoms with Crippen molar-refractivity contribution < 1.29 is 9.59 Å². The minimum Gasteiger partial charge on any atom is -0.298 e. The van der Waals surface area contributed by atoms with Crippen LogP contribution < -0.4 is 22.1 Å². The third-order valence-electron chi connectivity index (χ3n) is 1.50. The van der Waals surface area contributed by atoms with Crippen LogP contribution in [0, 0.1) is 0 Å².